The number of aliphatic hydroxyl groups is 1. The maximum atomic E-state index is 14.3. The first-order valence-corrected chi connectivity index (χ1v) is 18.2. The Kier molecular flexibility index (Phi) is 15.5. The number of aliphatic hydroxyl groups excluding tert-OH is 1. The van der Waals surface area contributed by atoms with Crippen LogP contribution in [0.1, 0.15) is 100 Å². The summed E-state index contributed by atoms with van der Waals surface area (Å²) in [4.78, 5) is 61.7. The molecule has 3 rings (SSSR count). The molecule has 1 aliphatic rings. The van der Waals surface area contributed by atoms with E-state index in [4.69, 9.17) is 4.74 Å². The summed E-state index contributed by atoms with van der Waals surface area (Å²) in [7, 11) is 3.23. The highest BCUT2D eigenvalue weighted by molar-refractivity contribution is 7.09. The van der Waals surface area contributed by atoms with Crippen LogP contribution in [0.15, 0.2) is 35.7 Å². The van der Waals surface area contributed by atoms with Crippen molar-refractivity contribution in [3.63, 3.8) is 0 Å². The lowest BCUT2D eigenvalue weighted by molar-refractivity contribution is -0.143. The summed E-state index contributed by atoms with van der Waals surface area (Å²) in [5.41, 5.74) is 0.954. The summed E-state index contributed by atoms with van der Waals surface area (Å²) in [6.45, 7) is 11.4. The minimum absolute atomic E-state index is 0.00514. The summed E-state index contributed by atoms with van der Waals surface area (Å²) in [6, 6.07) is 7.13. The Morgan fingerprint density at radius 1 is 1.10 bits per heavy atom. The average molecular weight is 686 g/mol. The van der Waals surface area contributed by atoms with Gasteiger partial charge < -0.3 is 25.4 Å². The number of likely N-dealkylation sites (tertiary alicyclic amines) is 1. The number of hydrogen-bond donors (Lipinski definition) is 3. The minimum Gasteiger partial charge on any atom is -0.467 e. The van der Waals surface area contributed by atoms with E-state index in [-0.39, 0.29) is 54.3 Å². The van der Waals surface area contributed by atoms with Crippen molar-refractivity contribution in [2.75, 3.05) is 27.2 Å². The van der Waals surface area contributed by atoms with E-state index in [0.717, 1.165) is 49.1 Å². The van der Waals surface area contributed by atoms with Crippen molar-refractivity contribution in [3.8, 4) is 0 Å². The van der Waals surface area contributed by atoms with Gasteiger partial charge in [0.1, 0.15) is 28.9 Å². The number of carbonyl (C=O) groups excluding carboxylic acids is 4. The predicted molar refractivity (Wildman–Crippen MR) is 187 cm³/mol. The van der Waals surface area contributed by atoms with E-state index in [9.17, 15) is 24.3 Å². The number of benzene rings is 1. The van der Waals surface area contributed by atoms with E-state index in [1.54, 1.807) is 5.38 Å². The largest absolute Gasteiger partial charge is 0.467 e. The molecule has 6 atom stereocenters. The smallest absolute Gasteiger partial charge is 0.328 e. The summed E-state index contributed by atoms with van der Waals surface area (Å²) in [6.07, 6.45) is 3.68. The average Bonchev–Trinajstić information content (AvgIpc) is 3.59. The summed E-state index contributed by atoms with van der Waals surface area (Å²) < 4.78 is 4.92. The number of rotatable bonds is 17. The van der Waals surface area contributed by atoms with E-state index in [1.807, 2.05) is 76.9 Å². The SMILES string of the molecule is CCCN(C(=O)C(NC(=O)C1CCCCN1C)C(C)CC)C(CC(O)c1nc(C(=O)NC(Cc2ccccc2)C(=O)OC)cs1)C(C)C. The third-order valence-corrected chi connectivity index (χ3v) is 10.3. The Labute approximate surface area is 289 Å². The van der Waals surface area contributed by atoms with E-state index in [1.165, 1.54) is 7.11 Å². The lowest BCUT2D eigenvalue weighted by Crippen LogP contribution is -2.58. The molecular weight excluding hydrogens is 630 g/mol. The van der Waals surface area contributed by atoms with Crippen LogP contribution in [0.5, 0.6) is 0 Å². The number of methoxy groups -OCH3 is 1. The van der Waals surface area contributed by atoms with Crippen LogP contribution in [-0.4, -0.2) is 95.0 Å². The van der Waals surface area contributed by atoms with Crippen molar-refractivity contribution in [2.45, 2.75) is 110 Å². The number of likely N-dealkylation sites (N-methyl/N-ethyl adjacent to an activating group) is 1. The normalized spacial score (nSPS) is 18.3. The van der Waals surface area contributed by atoms with Gasteiger partial charge in [-0.25, -0.2) is 9.78 Å². The van der Waals surface area contributed by atoms with Crippen LogP contribution in [-0.2, 0) is 25.5 Å². The van der Waals surface area contributed by atoms with E-state index in [0.29, 0.717) is 18.0 Å². The second kappa shape index (κ2) is 19.0. The Morgan fingerprint density at radius 2 is 1.81 bits per heavy atom. The highest BCUT2D eigenvalue weighted by atomic mass is 32.1. The third kappa shape index (κ3) is 10.6. The fraction of sp³-hybridized carbons (Fsp3) is 0.639. The van der Waals surface area contributed by atoms with Crippen molar-refractivity contribution >= 4 is 35.0 Å². The second-order valence-corrected chi connectivity index (χ2v) is 14.2. The van der Waals surface area contributed by atoms with Crippen LogP contribution in [0.25, 0.3) is 0 Å². The zero-order chi connectivity index (χ0) is 35.4. The third-order valence-electron chi connectivity index (χ3n) is 9.35. The lowest BCUT2D eigenvalue weighted by Gasteiger charge is -2.39. The van der Waals surface area contributed by atoms with Crippen molar-refractivity contribution < 1.29 is 29.0 Å². The van der Waals surface area contributed by atoms with Gasteiger partial charge in [0.25, 0.3) is 5.91 Å². The maximum absolute atomic E-state index is 14.3. The highest BCUT2D eigenvalue weighted by Gasteiger charge is 2.37. The number of hydrogen-bond acceptors (Lipinski definition) is 9. The molecule has 2 aromatic rings. The topological polar surface area (TPSA) is 141 Å². The summed E-state index contributed by atoms with van der Waals surface area (Å²) in [5, 5.41) is 19.2. The first kappa shape index (κ1) is 39.1. The number of amides is 3. The number of ether oxygens (including phenoxy) is 1. The van der Waals surface area contributed by atoms with Crippen molar-refractivity contribution in [1.29, 1.82) is 0 Å². The van der Waals surface area contributed by atoms with E-state index >= 15 is 0 Å². The number of nitrogens with one attached hydrogen (secondary N) is 2. The van der Waals surface area contributed by atoms with Crippen molar-refractivity contribution in [3.05, 3.63) is 52.0 Å². The first-order valence-electron chi connectivity index (χ1n) is 17.3. The number of aromatic nitrogens is 1. The number of nitrogens with zero attached hydrogens (tertiary/aromatic N) is 3. The van der Waals surface area contributed by atoms with Gasteiger partial charge in [-0.3, -0.25) is 19.3 Å². The Morgan fingerprint density at radius 3 is 2.42 bits per heavy atom. The Hall–Kier alpha value is -3.35. The summed E-state index contributed by atoms with van der Waals surface area (Å²) in [5.74, 6) is -1.45. The molecule has 266 valence electrons. The number of piperidine rings is 1. The molecule has 0 radical (unpaired) electrons. The molecular formula is C36H55N5O6S. The number of carbonyl (C=O) groups is 4. The van der Waals surface area contributed by atoms with Gasteiger partial charge in [-0.15, -0.1) is 11.3 Å². The van der Waals surface area contributed by atoms with Gasteiger partial charge in [-0.1, -0.05) is 77.8 Å². The zero-order valence-corrected chi connectivity index (χ0v) is 30.4. The highest BCUT2D eigenvalue weighted by Crippen LogP contribution is 2.29. The number of thiazole rings is 1. The molecule has 1 fully saturated rings. The van der Waals surface area contributed by atoms with Crippen LogP contribution >= 0.6 is 11.3 Å². The van der Waals surface area contributed by atoms with Gasteiger partial charge in [0, 0.05) is 30.8 Å². The monoisotopic (exact) mass is 685 g/mol. The van der Waals surface area contributed by atoms with Gasteiger partial charge >= 0.3 is 5.97 Å². The molecule has 11 nitrogen and oxygen atoms in total. The second-order valence-electron chi connectivity index (χ2n) is 13.3. The molecule has 0 aliphatic carbocycles. The zero-order valence-electron chi connectivity index (χ0n) is 29.6. The molecule has 3 amide bonds. The molecule has 0 bridgehead atoms. The molecule has 1 aromatic carbocycles. The van der Waals surface area contributed by atoms with Crippen LogP contribution in [0.3, 0.4) is 0 Å². The quantitative estimate of drug-likeness (QED) is 0.209. The standard InChI is InChI=1S/C36H55N5O6S/c1-8-18-41(35(45)31(24(5)9-2)39-33(44)28-17-13-14-19-40(28)6)29(23(3)4)21-30(42)34-38-27(22-48-34)32(43)37-26(36(46)47-7)20-25-15-11-10-12-16-25/h10-12,15-16,22-24,26,28-31,42H,8-9,13-14,17-21H2,1-7H3,(H,37,43)(H,39,44). The molecule has 2 heterocycles. The molecule has 0 saturated carbocycles. The number of esters is 1. The molecule has 48 heavy (non-hydrogen) atoms. The Balaban J connectivity index is 1.76. The fourth-order valence-corrected chi connectivity index (χ4v) is 7.05. The molecule has 12 heteroatoms. The first-order chi connectivity index (χ1) is 22.9. The van der Waals surface area contributed by atoms with Gasteiger partial charge in [-0.2, -0.15) is 0 Å². The minimum atomic E-state index is -1.04. The summed E-state index contributed by atoms with van der Waals surface area (Å²) >= 11 is 1.15. The van der Waals surface area contributed by atoms with Crippen molar-refractivity contribution in [2.24, 2.45) is 11.8 Å². The van der Waals surface area contributed by atoms with Crippen LogP contribution in [0.4, 0.5) is 0 Å². The molecule has 3 N–H and O–H groups in total. The lowest BCUT2D eigenvalue weighted by atomic mass is 9.92. The van der Waals surface area contributed by atoms with Crippen LogP contribution < -0.4 is 10.6 Å². The van der Waals surface area contributed by atoms with Gasteiger partial charge in [-0.05, 0) is 50.3 Å². The van der Waals surface area contributed by atoms with Gasteiger partial charge in [0.15, 0.2) is 0 Å². The molecule has 1 aliphatic heterocycles. The fourth-order valence-electron chi connectivity index (χ4n) is 6.25. The Bertz CT molecular complexity index is 1340. The molecule has 6 unspecified atom stereocenters. The van der Waals surface area contributed by atoms with Crippen LogP contribution in [0.2, 0.25) is 0 Å². The van der Waals surface area contributed by atoms with Crippen molar-refractivity contribution in [1.82, 2.24) is 25.4 Å². The van der Waals surface area contributed by atoms with Gasteiger partial charge in [0.2, 0.25) is 11.8 Å². The predicted octanol–water partition coefficient (Wildman–Crippen LogP) is 4.36. The molecule has 0 spiro atoms. The maximum Gasteiger partial charge on any atom is 0.328 e. The van der Waals surface area contributed by atoms with E-state index < -0.39 is 30.1 Å². The van der Waals surface area contributed by atoms with Crippen LogP contribution in [0, 0.1) is 11.8 Å². The van der Waals surface area contributed by atoms with Gasteiger partial charge in [0.05, 0.1) is 13.2 Å². The molecule has 1 aromatic heterocycles. The van der Waals surface area contributed by atoms with E-state index in [2.05, 4.69) is 20.5 Å². The molecule has 1 saturated heterocycles.